The van der Waals surface area contributed by atoms with Gasteiger partial charge in [0, 0.05) is 38.1 Å². The van der Waals surface area contributed by atoms with Gasteiger partial charge in [-0.2, -0.15) is 4.31 Å². The van der Waals surface area contributed by atoms with E-state index in [0.717, 1.165) is 37.3 Å². The molecule has 0 aliphatic carbocycles. The van der Waals surface area contributed by atoms with Gasteiger partial charge in [-0.25, -0.2) is 8.42 Å². The zero-order valence-corrected chi connectivity index (χ0v) is 17.8. The lowest BCUT2D eigenvalue weighted by atomic mass is 10.1. The number of hydrogen-bond acceptors (Lipinski definition) is 5. The van der Waals surface area contributed by atoms with Crippen molar-refractivity contribution < 1.29 is 13.2 Å². The average molecular weight is 417 g/mol. The highest BCUT2D eigenvalue weighted by atomic mass is 32.2. The van der Waals surface area contributed by atoms with Crippen LogP contribution in [-0.4, -0.2) is 49.8 Å². The minimum Gasteiger partial charge on any atom is -0.371 e. The van der Waals surface area contributed by atoms with Crippen LogP contribution in [0.4, 0.5) is 5.69 Å². The molecule has 1 aliphatic heterocycles. The van der Waals surface area contributed by atoms with Crippen LogP contribution in [0.2, 0.25) is 0 Å². The molecule has 8 heteroatoms. The molecule has 156 valence electrons. The van der Waals surface area contributed by atoms with Crippen LogP contribution in [0.3, 0.4) is 0 Å². The van der Waals surface area contributed by atoms with E-state index in [4.69, 9.17) is 0 Å². The highest BCUT2D eigenvalue weighted by Crippen LogP contribution is 2.28. The number of pyridine rings is 1. The molecule has 0 unspecified atom stereocenters. The Hall–Kier alpha value is -2.45. The third-order valence-electron chi connectivity index (χ3n) is 5.16. The normalized spacial score (nSPS) is 14.4. The molecule has 1 aliphatic rings. The summed E-state index contributed by atoms with van der Waals surface area (Å²) in [4.78, 5) is 19.5. The first-order valence-electron chi connectivity index (χ1n) is 10.0. The van der Waals surface area contributed by atoms with E-state index in [1.165, 1.54) is 10.4 Å². The molecule has 1 amide bonds. The second kappa shape index (κ2) is 9.37. The number of amides is 1. The number of carbonyl (C=O) groups is 1. The maximum atomic E-state index is 13.0. The van der Waals surface area contributed by atoms with Crippen LogP contribution in [0.25, 0.3) is 0 Å². The Morgan fingerprint density at radius 1 is 1.14 bits per heavy atom. The fourth-order valence-electron chi connectivity index (χ4n) is 3.57. The van der Waals surface area contributed by atoms with E-state index in [-0.39, 0.29) is 17.3 Å². The number of carbonyl (C=O) groups excluding carboxylic acids is 1. The molecule has 0 atom stereocenters. The Morgan fingerprint density at radius 3 is 2.48 bits per heavy atom. The Labute approximate surface area is 172 Å². The summed E-state index contributed by atoms with van der Waals surface area (Å²) < 4.78 is 27.3. The van der Waals surface area contributed by atoms with Gasteiger partial charge < -0.3 is 10.2 Å². The number of nitrogens with zero attached hydrogens (tertiary/aromatic N) is 3. The van der Waals surface area contributed by atoms with Gasteiger partial charge in [0.2, 0.25) is 10.0 Å². The summed E-state index contributed by atoms with van der Waals surface area (Å²) in [6.07, 6.45) is 3.80. The first kappa shape index (κ1) is 21.3. The van der Waals surface area contributed by atoms with Crippen LogP contribution in [0, 0.1) is 0 Å². The van der Waals surface area contributed by atoms with Crippen molar-refractivity contribution >= 4 is 21.6 Å². The van der Waals surface area contributed by atoms with Crippen molar-refractivity contribution in [2.24, 2.45) is 0 Å². The Balaban J connectivity index is 1.93. The average Bonchev–Trinajstić information content (AvgIpc) is 3.27. The van der Waals surface area contributed by atoms with E-state index in [0.29, 0.717) is 18.7 Å². The van der Waals surface area contributed by atoms with Crippen molar-refractivity contribution in [3.05, 3.63) is 53.9 Å². The quantitative estimate of drug-likeness (QED) is 0.715. The minimum atomic E-state index is -3.64. The number of benzene rings is 1. The van der Waals surface area contributed by atoms with E-state index in [1.807, 2.05) is 18.2 Å². The van der Waals surface area contributed by atoms with E-state index in [9.17, 15) is 13.2 Å². The molecular weight excluding hydrogens is 388 g/mol. The van der Waals surface area contributed by atoms with Gasteiger partial charge in [-0.15, -0.1) is 0 Å². The maximum absolute atomic E-state index is 13.0. The largest absolute Gasteiger partial charge is 0.371 e. The van der Waals surface area contributed by atoms with Crippen LogP contribution in [0.15, 0.2) is 47.5 Å². The van der Waals surface area contributed by atoms with Gasteiger partial charge in [-0.05, 0) is 43.2 Å². The highest BCUT2D eigenvalue weighted by molar-refractivity contribution is 7.89. The number of nitrogens with one attached hydrogen (secondary N) is 1. The summed E-state index contributed by atoms with van der Waals surface area (Å²) >= 11 is 0. The van der Waals surface area contributed by atoms with Gasteiger partial charge in [0.1, 0.15) is 0 Å². The number of hydrogen-bond donors (Lipinski definition) is 1. The predicted molar refractivity (Wildman–Crippen MR) is 113 cm³/mol. The fourth-order valence-corrected chi connectivity index (χ4v) is 5.06. The van der Waals surface area contributed by atoms with Gasteiger partial charge >= 0.3 is 0 Å². The summed E-state index contributed by atoms with van der Waals surface area (Å²) in [6.45, 7) is 6.39. The molecule has 2 heterocycles. The monoisotopic (exact) mass is 416 g/mol. The Bertz CT molecular complexity index is 938. The molecule has 1 aromatic carbocycles. The first-order chi connectivity index (χ1) is 14.0. The third kappa shape index (κ3) is 4.76. The van der Waals surface area contributed by atoms with Crippen LogP contribution < -0.4 is 10.2 Å². The molecule has 0 bridgehead atoms. The topological polar surface area (TPSA) is 82.6 Å². The molecule has 2 aromatic rings. The van der Waals surface area contributed by atoms with Crippen molar-refractivity contribution in [1.82, 2.24) is 14.6 Å². The molecule has 0 spiro atoms. The minimum absolute atomic E-state index is 0.145. The van der Waals surface area contributed by atoms with Crippen LogP contribution >= 0.6 is 0 Å². The molecular formula is C21H28N4O3S. The Morgan fingerprint density at radius 2 is 1.86 bits per heavy atom. The summed E-state index contributed by atoms with van der Waals surface area (Å²) in [6, 6.07) is 10.4. The van der Waals surface area contributed by atoms with Crippen molar-refractivity contribution in [2.75, 3.05) is 31.1 Å². The third-order valence-corrected chi connectivity index (χ3v) is 7.20. The summed E-state index contributed by atoms with van der Waals surface area (Å²) in [5, 5.41) is 2.88. The molecule has 7 nitrogen and oxygen atoms in total. The molecule has 29 heavy (non-hydrogen) atoms. The molecule has 3 rings (SSSR count). The van der Waals surface area contributed by atoms with Gasteiger partial charge in [-0.3, -0.25) is 9.78 Å². The molecule has 1 fully saturated rings. The van der Waals surface area contributed by atoms with Crippen molar-refractivity contribution in [2.45, 2.75) is 38.1 Å². The lowest BCUT2D eigenvalue weighted by Gasteiger charge is -2.23. The molecule has 1 aromatic heterocycles. The predicted octanol–water partition coefficient (Wildman–Crippen LogP) is 2.64. The fraction of sp³-hybridized carbons (Fsp3) is 0.429. The molecule has 1 N–H and O–H groups in total. The summed E-state index contributed by atoms with van der Waals surface area (Å²) in [5.74, 6) is -0.297. The summed E-state index contributed by atoms with van der Waals surface area (Å²) in [7, 11) is -3.64. The first-order valence-corrected chi connectivity index (χ1v) is 11.5. The second-order valence-corrected chi connectivity index (χ2v) is 8.90. The van der Waals surface area contributed by atoms with Crippen LogP contribution in [0.5, 0.6) is 0 Å². The van der Waals surface area contributed by atoms with E-state index in [2.05, 4.69) is 15.2 Å². The number of aromatic nitrogens is 1. The highest BCUT2D eigenvalue weighted by Gasteiger charge is 2.26. The smallest absolute Gasteiger partial charge is 0.253 e. The molecule has 0 saturated carbocycles. The SMILES string of the molecule is CCN(CC)S(=O)(=O)c1ccc(N2CCCC2)c(C(=O)NCc2ccccn2)c1. The standard InChI is InChI=1S/C21H28N4O3S/c1-3-25(4-2)29(27,28)18-10-11-20(24-13-7-8-14-24)19(15-18)21(26)23-16-17-9-5-6-12-22-17/h5-6,9-12,15H,3-4,7-8,13-14,16H2,1-2H3,(H,23,26). The van der Waals surface area contributed by atoms with E-state index >= 15 is 0 Å². The van der Waals surface area contributed by atoms with Crippen molar-refractivity contribution in [3.8, 4) is 0 Å². The second-order valence-electron chi connectivity index (χ2n) is 6.97. The maximum Gasteiger partial charge on any atom is 0.253 e. The van der Waals surface area contributed by atoms with Gasteiger partial charge in [0.05, 0.1) is 22.7 Å². The number of rotatable bonds is 8. The lowest BCUT2D eigenvalue weighted by molar-refractivity contribution is 0.0950. The molecule has 1 saturated heterocycles. The lowest BCUT2D eigenvalue weighted by Crippen LogP contribution is -2.32. The number of sulfonamides is 1. The van der Waals surface area contributed by atoms with E-state index in [1.54, 1.807) is 32.2 Å². The van der Waals surface area contributed by atoms with Gasteiger partial charge in [0.25, 0.3) is 5.91 Å². The van der Waals surface area contributed by atoms with E-state index < -0.39 is 10.0 Å². The van der Waals surface area contributed by atoms with Crippen LogP contribution in [0.1, 0.15) is 42.7 Å². The number of anilines is 1. The molecule has 0 radical (unpaired) electrons. The summed E-state index contributed by atoms with van der Waals surface area (Å²) in [5.41, 5.74) is 1.91. The van der Waals surface area contributed by atoms with Gasteiger partial charge in [-0.1, -0.05) is 19.9 Å². The Kier molecular flexibility index (Phi) is 6.87. The van der Waals surface area contributed by atoms with Crippen molar-refractivity contribution in [3.63, 3.8) is 0 Å². The zero-order chi connectivity index (χ0) is 20.9. The van der Waals surface area contributed by atoms with Gasteiger partial charge in [0.15, 0.2) is 0 Å². The zero-order valence-electron chi connectivity index (χ0n) is 17.0. The van der Waals surface area contributed by atoms with Crippen molar-refractivity contribution in [1.29, 1.82) is 0 Å². The van der Waals surface area contributed by atoms with Crippen LogP contribution in [-0.2, 0) is 16.6 Å².